The average molecular weight is 401 g/mol. The maximum Gasteiger partial charge on any atom is 0.238 e. The maximum absolute atomic E-state index is 12.3. The van der Waals surface area contributed by atoms with Crippen LogP contribution in [0.1, 0.15) is 6.92 Å². The van der Waals surface area contributed by atoms with E-state index in [1.807, 2.05) is 6.92 Å². The van der Waals surface area contributed by atoms with E-state index in [9.17, 15) is 4.79 Å². The lowest BCUT2D eigenvalue weighted by molar-refractivity contribution is -0.117. The van der Waals surface area contributed by atoms with Crippen LogP contribution in [-0.4, -0.2) is 68.5 Å². The second-order valence-corrected chi connectivity index (χ2v) is 7.03. The number of amides is 1. The normalized spacial score (nSPS) is 15.1. The molecule has 0 bridgehead atoms. The first-order valence-electron chi connectivity index (χ1n) is 9.21. The van der Waals surface area contributed by atoms with Crippen LogP contribution in [0, 0.1) is 0 Å². The Hall–Kier alpha value is -2.78. The molecule has 1 aliphatic rings. The van der Waals surface area contributed by atoms with E-state index < -0.39 is 0 Å². The second kappa shape index (κ2) is 8.07. The third-order valence-corrected chi connectivity index (χ3v) is 5.00. The molecule has 0 unspecified atom stereocenters. The standard InChI is InChI=1S/C18H21ClN8O/c1-2-27-18-16(23-24-27)17(20-12-21-18)26-9-7-25(8-10-26)11-15(28)22-14-5-3-13(19)4-6-14/h3-6,12H,2,7-11H2,1H3,(H,22,28). The van der Waals surface area contributed by atoms with Crippen LogP contribution < -0.4 is 10.2 Å². The molecule has 10 heteroatoms. The van der Waals surface area contributed by atoms with E-state index in [1.54, 1.807) is 35.3 Å². The van der Waals surface area contributed by atoms with Gasteiger partial charge in [0.25, 0.3) is 0 Å². The van der Waals surface area contributed by atoms with Gasteiger partial charge in [-0.25, -0.2) is 14.6 Å². The summed E-state index contributed by atoms with van der Waals surface area (Å²) in [6, 6.07) is 7.10. The van der Waals surface area contributed by atoms with Gasteiger partial charge in [-0.1, -0.05) is 16.8 Å². The van der Waals surface area contributed by atoms with Crippen LogP contribution in [0.3, 0.4) is 0 Å². The lowest BCUT2D eigenvalue weighted by Gasteiger charge is -2.34. The maximum atomic E-state index is 12.3. The van der Waals surface area contributed by atoms with Gasteiger partial charge in [0, 0.05) is 43.4 Å². The Labute approximate surface area is 167 Å². The fourth-order valence-corrected chi connectivity index (χ4v) is 3.40. The van der Waals surface area contributed by atoms with Crippen molar-refractivity contribution in [1.29, 1.82) is 0 Å². The predicted molar refractivity (Wildman–Crippen MR) is 108 cm³/mol. The van der Waals surface area contributed by atoms with Crippen LogP contribution in [0.2, 0.25) is 5.02 Å². The first-order valence-corrected chi connectivity index (χ1v) is 9.58. The molecule has 146 valence electrons. The van der Waals surface area contributed by atoms with Gasteiger partial charge in [-0.3, -0.25) is 9.69 Å². The molecular formula is C18H21ClN8O. The zero-order valence-corrected chi connectivity index (χ0v) is 16.3. The van der Waals surface area contributed by atoms with E-state index in [0.29, 0.717) is 18.1 Å². The van der Waals surface area contributed by atoms with E-state index >= 15 is 0 Å². The average Bonchev–Trinajstić information content (AvgIpc) is 3.14. The SMILES string of the molecule is CCn1nnc2c(N3CCN(CC(=O)Nc4ccc(Cl)cc4)CC3)ncnc21. The number of fused-ring (bicyclic) bond motifs is 1. The zero-order valence-electron chi connectivity index (χ0n) is 15.5. The minimum Gasteiger partial charge on any atom is -0.352 e. The number of rotatable bonds is 5. The number of carbonyl (C=O) groups excluding carboxylic acids is 1. The van der Waals surface area contributed by atoms with E-state index in [0.717, 1.165) is 48.8 Å². The van der Waals surface area contributed by atoms with Crippen molar-refractivity contribution in [2.24, 2.45) is 0 Å². The Kier molecular flexibility index (Phi) is 5.36. The summed E-state index contributed by atoms with van der Waals surface area (Å²) in [7, 11) is 0. The van der Waals surface area contributed by atoms with Crippen LogP contribution in [0.5, 0.6) is 0 Å². The highest BCUT2D eigenvalue weighted by molar-refractivity contribution is 6.30. The molecule has 1 aliphatic heterocycles. The summed E-state index contributed by atoms with van der Waals surface area (Å²) in [6.07, 6.45) is 1.55. The second-order valence-electron chi connectivity index (χ2n) is 6.59. The number of benzene rings is 1. The monoisotopic (exact) mass is 400 g/mol. The zero-order chi connectivity index (χ0) is 19.5. The largest absolute Gasteiger partial charge is 0.352 e. The number of carbonyl (C=O) groups is 1. The predicted octanol–water partition coefficient (Wildman–Crippen LogP) is 1.66. The number of aromatic nitrogens is 5. The summed E-state index contributed by atoms with van der Waals surface area (Å²) in [4.78, 5) is 25.3. The number of piperazine rings is 1. The number of halogens is 1. The number of nitrogens with zero attached hydrogens (tertiary/aromatic N) is 7. The van der Waals surface area contributed by atoms with Crippen molar-refractivity contribution in [3.05, 3.63) is 35.6 Å². The fraction of sp³-hybridized carbons (Fsp3) is 0.389. The molecule has 3 heterocycles. The van der Waals surface area contributed by atoms with Gasteiger partial charge < -0.3 is 10.2 Å². The van der Waals surface area contributed by atoms with Crippen molar-refractivity contribution in [1.82, 2.24) is 29.9 Å². The van der Waals surface area contributed by atoms with Gasteiger partial charge in [-0.2, -0.15) is 0 Å². The number of hydrogen-bond donors (Lipinski definition) is 1. The molecular weight excluding hydrogens is 380 g/mol. The third-order valence-electron chi connectivity index (χ3n) is 4.75. The summed E-state index contributed by atoms with van der Waals surface area (Å²) in [5, 5.41) is 11.9. The van der Waals surface area contributed by atoms with Crippen molar-refractivity contribution < 1.29 is 4.79 Å². The summed E-state index contributed by atoms with van der Waals surface area (Å²) in [5.41, 5.74) is 2.21. The molecule has 4 rings (SSSR count). The molecule has 3 aromatic rings. The topological polar surface area (TPSA) is 92.1 Å². The van der Waals surface area contributed by atoms with Crippen LogP contribution in [0.25, 0.3) is 11.2 Å². The van der Waals surface area contributed by atoms with Gasteiger partial charge in [0.2, 0.25) is 5.91 Å². The van der Waals surface area contributed by atoms with Gasteiger partial charge in [0.1, 0.15) is 6.33 Å². The summed E-state index contributed by atoms with van der Waals surface area (Å²) >= 11 is 5.87. The summed E-state index contributed by atoms with van der Waals surface area (Å²) < 4.78 is 1.76. The molecule has 0 spiro atoms. The summed E-state index contributed by atoms with van der Waals surface area (Å²) in [6.45, 7) is 6.12. The van der Waals surface area contributed by atoms with Crippen molar-refractivity contribution in [3.8, 4) is 0 Å². The van der Waals surface area contributed by atoms with Crippen LogP contribution >= 0.6 is 11.6 Å². The highest BCUT2D eigenvalue weighted by Crippen LogP contribution is 2.21. The number of nitrogens with one attached hydrogen (secondary N) is 1. The van der Waals surface area contributed by atoms with Crippen LogP contribution in [0.15, 0.2) is 30.6 Å². The van der Waals surface area contributed by atoms with Crippen molar-refractivity contribution in [2.75, 3.05) is 42.9 Å². The molecule has 1 amide bonds. The van der Waals surface area contributed by atoms with Gasteiger partial charge in [0.15, 0.2) is 17.0 Å². The molecule has 2 aromatic heterocycles. The molecule has 0 aliphatic carbocycles. The number of anilines is 2. The molecule has 0 saturated carbocycles. The fourth-order valence-electron chi connectivity index (χ4n) is 3.28. The first kappa shape index (κ1) is 18.6. The van der Waals surface area contributed by atoms with E-state index in [2.05, 4.69) is 35.4 Å². The summed E-state index contributed by atoms with van der Waals surface area (Å²) in [5.74, 6) is 0.765. The van der Waals surface area contributed by atoms with Crippen LogP contribution in [-0.2, 0) is 11.3 Å². The Balaban J connectivity index is 1.35. The Bertz CT molecular complexity index is 965. The quantitative estimate of drug-likeness (QED) is 0.696. The van der Waals surface area contributed by atoms with Gasteiger partial charge >= 0.3 is 0 Å². The number of aryl methyl sites for hydroxylation is 1. The van der Waals surface area contributed by atoms with Gasteiger partial charge in [-0.05, 0) is 31.2 Å². The van der Waals surface area contributed by atoms with E-state index in [4.69, 9.17) is 11.6 Å². The third kappa shape index (κ3) is 3.90. The lowest BCUT2D eigenvalue weighted by atomic mass is 10.3. The minimum atomic E-state index is -0.0360. The number of hydrogen-bond acceptors (Lipinski definition) is 7. The van der Waals surface area contributed by atoms with Gasteiger partial charge in [0.05, 0.1) is 6.54 Å². The lowest BCUT2D eigenvalue weighted by Crippen LogP contribution is -2.49. The highest BCUT2D eigenvalue weighted by atomic mass is 35.5. The Morgan fingerprint density at radius 2 is 1.89 bits per heavy atom. The molecule has 1 fully saturated rings. The molecule has 0 atom stereocenters. The molecule has 0 radical (unpaired) electrons. The molecule has 9 nitrogen and oxygen atoms in total. The highest BCUT2D eigenvalue weighted by Gasteiger charge is 2.23. The van der Waals surface area contributed by atoms with E-state index in [-0.39, 0.29) is 5.91 Å². The minimum absolute atomic E-state index is 0.0360. The molecule has 1 N–H and O–H groups in total. The Morgan fingerprint density at radius 3 is 2.61 bits per heavy atom. The van der Waals surface area contributed by atoms with Crippen molar-refractivity contribution >= 4 is 40.2 Å². The molecule has 28 heavy (non-hydrogen) atoms. The molecule has 1 aromatic carbocycles. The van der Waals surface area contributed by atoms with E-state index in [1.165, 1.54) is 0 Å². The first-order chi connectivity index (χ1) is 13.6. The molecule has 1 saturated heterocycles. The smallest absolute Gasteiger partial charge is 0.238 e. The van der Waals surface area contributed by atoms with Crippen molar-refractivity contribution in [3.63, 3.8) is 0 Å². The Morgan fingerprint density at radius 1 is 1.14 bits per heavy atom. The van der Waals surface area contributed by atoms with Crippen molar-refractivity contribution in [2.45, 2.75) is 13.5 Å². The van der Waals surface area contributed by atoms with Gasteiger partial charge in [-0.15, -0.1) is 5.10 Å². The van der Waals surface area contributed by atoms with Crippen LogP contribution in [0.4, 0.5) is 11.5 Å².